The first-order valence-corrected chi connectivity index (χ1v) is 9.72. The second-order valence-corrected chi connectivity index (χ2v) is 7.10. The lowest BCUT2D eigenvalue weighted by molar-refractivity contribution is -0.141. The Morgan fingerprint density at radius 1 is 1.08 bits per heavy atom. The van der Waals surface area contributed by atoms with E-state index in [2.05, 4.69) is 0 Å². The van der Waals surface area contributed by atoms with Gasteiger partial charge in [-0.2, -0.15) is 0 Å². The van der Waals surface area contributed by atoms with E-state index in [1.165, 1.54) is 31.9 Å². The first kappa shape index (κ1) is 20.2. The van der Waals surface area contributed by atoms with Crippen LogP contribution in [0, 0.1) is 6.92 Å². The molecule has 1 aliphatic rings. The molecule has 142 valence electrons. The van der Waals surface area contributed by atoms with Gasteiger partial charge < -0.3 is 9.64 Å². The standard InChI is InChI=1S/C22H31NO3/c1-18-10-12-19(13-11-18)14-15-21(24)23(17-16-22(25)26-2)20-8-6-4-3-5-7-9-20/h10-15,20H,3-9,16-17H2,1-2H3/b15-14+. The van der Waals surface area contributed by atoms with Gasteiger partial charge in [0, 0.05) is 18.7 Å². The molecule has 0 aromatic heterocycles. The van der Waals surface area contributed by atoms with Crippen LogP contribution in [-0.4, -0.2) is 36.5 Å². The van der Waals surface area contributed by atoms with Crippen molar-refractivity contribution < 1.29 is 14.3 Å². The van der Waals surface area contributed by atoms with E-state index in [1.807, 2.05) is 42.2 Å². The normalized spacial score (nSPS) is 16.1. The van der Waals surface area contributed by atoms with Gasteiger partial charge in [-0.1, -0.05) is 61.9 Å². The number of nitrogens with zero attached hydrogens (tertiary/aromatic N) is 1. The van der Waals surface area contributed by atoms with Crippen LogP contribution < -0.4 is 0 Å². The van der Waals surface area contributed by atoms with Crippen molar-refractivity contribution in [3.8, 4) is 0 Å². The zero-order valence-corrected chi connectivity index (χ0v) is 16.1. The minimum Gasteiger partial charge on any atom is -0.469 e. The number of hydrogen-bond donors (Lipinski definition) is 0. The van der Waals surface area contributed by atoms with Crippen molar-refractivity contribution in [1.82, 2.24) is 4.90 Å². The van der Waals surface area contributed by atoms with E-state index >= 15 is 0 Å². The Morgan fingerprint density at radius 2 is 1.69 bits per heavy atom. The molecule has 1 fully saturated rings. The third kappa shape index (κ3) is 6.66. The predicted octanol–water partition coefficient (Wildman–Crippen LogP) is 4.51. The summed E-state index contributed by atoms with van der Waals surface area (Å²) in [6, 6.07) is 8.30. The highest BCUT2D eigenvalue weighted by atomic mass is 16.5. The van der Waals surface area contributed by atoms with E-state index in [1.54, 1.807) is 6.08 Å². The SMILES string of the molecule is COC(=O)CCN(C(=O)/C=C/c1ccc(C)cc1)C1CCCCCCC1. The summed E-state index contributed by atoms with van der Waals surface area (Å²) < 4.78 is 4.76. The molecule has 2 rings (SSSR count). The monoisotopic (exact) mass is 357 g/mol. The molecular weight excluding hydrogens is 326 g/mol. The molecule has 26 heavy (non-hydrogen) atoms. The van der Waals surface area contributed by atoms with Crippen LogP contribution >= 0.6 is 0 Å². The third-order valence-corrected chi connectivity index (χ3v) is 5.08. The molecule has 0 unspecified atom stereocenters. The first-order chi connectivity index (χ1) is 12.6. The highest BCUT2D eigenvalue weighted by molar-refractivity contribution is 5.92. The second-order valence-electron chi connectivity index (χ2n) is 7.10. The zero-order chi connectivity index (χ0) is 18.8. The maximum Gasteiger partial charge on any atom is 0.307 e. The van der Waals surface area contributed by atoms with Crippen molar-refractivity contribution in [1.29, 1.82) is 0 Å². The van der Waals surface area contributed by atoms with Crippen LogP contribution in [0.5, 0.6) is 0 Å². The predicted molar refractivity (Wildman–Crippen MR) is 105 cm³/mol. The van der Waals surface area contributed by atoms with Gasteiger partial charge in [-0.3, -0.25) is 9.59 Å². The van der Waals surface area contributed by atoms with Crippen molar-refractivity contribution in [2.24, 2.45) is 0 Å². The fourth-order valence-electron chi connectivity index (χ4n) is 3.47. The Balaban J connectivity index is 2.07. The number of ether oxygens (including phenoxy) is 1. The average molecular weight is 357 g/mol. The number of benzene rings is 1. The van der Waals surface area contributed by atoms with Crippen molar-refractivity contribution >= 4 is 18.0 Å². The lowest BCUT2D eigenvalue weighted by atomic mass is 9.95. The molecule has 1 aromatic rings. The molecule has 4 nitrogen and oxygen atoms in total. The number of hydrogen-bond acceptors (Lipinski definition) is 3. The van der Waals surface area contributed by atoms with Gasteiger partial charge >= 0.3 is 5.97 Å². The van der Waals surface area contributed by atoms with Crippen LogP contribution in [0.2, 0.25) is 0 Å². The Bertz CT molecular complexity index is 598. The van der Waals surface area contributed by atoms with Gasteiger partial charge in [0.25, 0.3) is 0 Å². The van der Waals surface area contributed by atoms with Crippen LogP contribution in [0.4, 0.5) is 0 Å². The van der Waals surface area contributed by atoms with E-state index in [-0.39, 0.29) is 24.3 Å². The lowest BCUT2D eigenvalue weighted by Gasteiger charge is -2.32. The maximum absolute atomic E-state index is 12.9. The summed E-state index contributed by atoms with van der Waals surface area (Å²) in [6.07, 6.45) is 11.8. The van der Waals surface area contributed by atoms with Crippen molar-refractivity contribution in [2.45, 2.75) is 64.3 Å². The van der Waals surface area contributed by atoms with Crippen molar-refractivity contribution in [2.75, 3.05) is 13.7 Å². The number of rotatable bonds is 6. The Morgan fingerprint density at radius 3 is 2.31 bits per heavy atom. The van der Waals surface area contributed by atoms with Gasteiger partial charge in [0.1, 0.15) is 0 Å². The molecule has 0 N–H and O–H groups in total. The largest absolute Gasteiger partial charge is 0.469 e. The minimum absolute atomic E-state index is 0.0138. The summed E-state index contributed by atoms with van der Waals surface area (Å²) in [5.74, 6) is -0.281. The van der Waals surface area contributed by atoms with Gasteiger partial charge in [-0.05, 0) is 31.4 Å². The zero-order valence-electron chi connectivity index (χ0n) is 16.1. The van der Waals surface area contributed by atoms with Crippen molar-refractivity contribution in [3.63, 3.8) is 0 Å². The highest BCUT2D eigenvalue weighted by Gasteiger charge is 2.23. The third-order valence-electron chi connectivity index (χ3n) is 5.08. The molecule has 0 spiro atoms. The minimum atomic E-state index is -0.267. The van der Waals surface area contributed by atoms with Crippen molar-refractivity contribution in [3.05, 3.63) is 41.5 Å². The van der Waals surface area contributed by atoms with Gasteiger partial charge in [0.05, 0.1) is 13.5 Å². The quantitative estimate of drug-likeness (QED) is 0.556. The topological polar surface area (TPSA) is 46.6 Å². The Kier molecular flexibility index (Phi) is 8.39. The number of methoxy groups -OCH3 is 1. The fourth-order valence-corrected chi connectivity index (χ4v) is 3.47. The lowest BCUT2D eigenvalue weighted by Crippen LogP contribution is -2.41. The summed E-state index contributed by atoms with van der Waals surface area (Å²) in [7, 11) is 1.39. The fraction of sp³-hybridized carbons (Fsp3) is 0.545. The van der Waals surface area contributed by atoms with Gasteiger partial charge in [0.2, 0.25) is 5.91 Å². The molecule has 4 heteroatoms. The maximum atomic E-state index is 12.9. The van der Waals surface area contributed by atoms with Crippen LogP contribution in [0.1, 0.15) is 62.5 Å². The van der Waals surface area contributed by atoms with Crippen LogP contribution in [0.25, 0.3) is 6.08 Å². The Hall–Kier alpha value is -2.10. The molecule has 1 aliphatic carbocycles. The molecule has 0 bridgehead atoms. The number of carbonyl (C=O) groups is 2. The molecule has 0 aliphatic heterocycles. The average Bonchev–Trinajstić information content (AvgIpc) is 2.62. The molecule has 1 aromatic carbocycles. The van der Waals surface area contributed by atoms with Crippen LogP contribution in [0.3, 0.4) is 0 Å². The van der Waals surface area contributed by atoms with E-state index in [0.29, 0.717) is 6.54 Å². The van der Waals surface area contributed by atoms with Crippen LogP contribution in [0.15, 0.2) is 30.3 Å². The molecule has 0 heterocycles. The molecule has 1 saturated carbocycles. The van der Waals surface area contributed by atoms with Crippen LogP contribution in [-0.2, 0) is 14.3 Å². The van der Waals surface area contributed by atoms with E-state index < -0.39 is 0 Å². The Labute approximate surface area is 157 Å². The summed E-state index contributed by atoms with van der Waals surface area (Å²) in [4.78, 5) is 26.3. The number of carbonyl (C=O) groups excluding carboxylic acids is 2. The molecular formula is C22H31NO3. The molecule has 0 saturated heterocycles. The van der Waals surface area contributed by atoms with E-state index in [9.17, 15) is 9.59 Å². The molecule has 0 radical (unpaired) electrons. The number of amides is 1. The summed E-state index contributed by atoms with van der Waals surface area (Å²) in [5, 5.41) is 0. The summed E-state index contributed by atoms with van der Waals surface area (Å²) in [5.41, 5.74) is 2.21. The number of aryl methyl sites for hydroxylation is 1. The molecule has 1 amide bonds. The van der Waals surface area contributed by atoms with E-state index in [4.69, 9.17) is 4.74 Å². The highest BCUT2D eigenvalue weighted by Crippen LogP contribution is 2.22. The van der Waals surface area contributed by atoms with E-state index in [0.717, 1.165) is 31.2 Å². The number of esters is 1. The smallest absolute Gasteiger partial charge is 0.307 e. The molecule has 0 atom stereocenters. The summed E-state index contributed by atoms with van der Waals surface area (Å²) in [6.45, 7) is 2.47. The van der Waals surface area contributed by atoms with Gasteiger partial charge in [0.15, 0.2) is 0 Å². The van der Waals surface area contributed by atoms with Gasteiger partial charge in [-0.25, -0.2) is 0 Å². The first-order valence-electron chi connectivity index (χ1n) is 9.72. The van der Waals surface area contributed by atoms with Gasteiger partial charge in [-0.15, -0.1) is 0 Å². The summed E-state index contributed by atoms with van der Waals surface area (Å²) >= 11 is 0. The second kappa shape index (κ2) is 10.8.